The molecule has 1 atom stereocenters. The second-order valence-electron chi connectivity index (χ2n) is 7.03. The molecule has 1 unspecified atom stereocenters. The zero-order valence-electron chi connectivity index (χ0n) is 15.0. The zero-order chi connectivity index (χ0) is 18.7. The number of carbonyl (C=O) groups excluding carboxylic acids is 2. The average Bonchev–Trinajstić information content (AvgIpc) is 2.98. The summed E-state index contributed by atoms with van der Waals surface area (Å²) < 4.78 is 13.8. The minimum atomic E-state index is -0.418. The first-order valence-electron chi connectivity index (χ1n) is 8.86. The number of hydrogen-bond acceptors (Lipinski definition) is 2. The molecule has 0 radical (unpaired) electrons. The third-order valence-electron chi connectivity index (χ3n) is 4.75. The first-order valence-corrected chi connectivity index (χ1v) is 8.86. The van der Waals surface area contributed by atoms with Crippen LogP contribution in [0.15, 0.2) is 48.5 Å². The maximum absolute atomic E-state index is 13.8. The molecule has 1 aliphatic heterocycles. The van der Waals surface area contributed by atoms with E-state index in [2.05, 4.69) is 19.2 Å². The van der Waals surface area contributed by atoms with Crippen LogP contribution < -0.4 is 5.32 Å². The van der Waals surface area contributed by atoms with Gasteiger partial charge in [-0.05, 0) is 29.7 Å². The number of nitrogens with one attached hydrogen (secondary N) is 1. The Balaban J connectivity index is 1.61. The number of carbonyl (C=O) groups is 2. The monoisotopic (exact) mass is 354 g/mol. The van der Waals surface area contributed by atoms with Crippen LogP contribution in [0, 0.1) is 11.7 Å². The Bertz CT molecular complexity index is 802. The molecule has 2 aromatic carbocycles. The summed E-state index contributed by atoms with van der Waals surface area (Å²) in [6.07, 6.45) is 0.157. The SMILES string of the molecule is CC(C)c1ccc(NC(=O)C2CC(=O)N(Cc3ccccc3F)C2)cc1. The van der Waals surface area contributed by atoms with Gasteiger partial charge in [0, 0.05) is 30.8 Å². The second kappa shape index (κ2) is 7.68. The Kier molecular flexibility index (Phi) is 5.35. The van der Waals surface area contributed by atoms with Gasteiger partial charge in [-0.2, -0.15) is 0 Å². The summed E-state index contributed by atoms with van der Waals surface area (Å²) in [4.78, 5) is 26.2. The maximum Gasteiger partial charge on any atom is 0.229 e. The van der Waals surface area contributed by atoms with E-state index in [9.17, 15) is 14.0 Å². The van der Waals surface area contributed by atoms with Crippen molar-refractivity contribution in [2.75, 3.05) is 11.9 Å². The van der Waals surface area contributed by atoms with Crippen molar-refractivity contribution in [3.05, 3.63) is 65.5 Å². The molecule has 1 saturated heterocycles. The van der Waals surface area contributed by atoms with Crippen LogP contribution in [0.3, 0.4) is 0 Å². The lowest BCUT2D eigenvalue weighted by Gasteiger charge is -2.17. The Morgan fingerprint density at radius 1 is 1.19 bits per heavy atom. The van der Waals surface area contributed by atoms with Crippen LogP contribution in [-0.4, -0.2) is 23.3 Å². The number of halogens is 1. The second-order valence-corrected chi connectivity index (χ2v) is 7.03. The first-order chi connectivity index (χ1) is 12.4. The highest BCUT2D eigenvalue weighted by atomic mass is 19.1. The summed E-state index contributed by atoms with van der Waals surface area (Å²) >= 11 is 0. The van der Waals surface area contributed by atoms with Crippen LogP contribution in [0.2, 0.25) is 0 Å². The van der Waals surface area contributed by atoms with Crippen molar-refractivity contribution >= 4 is 17.5 Å². The van der Waals surface area contributed by atoms with Gasteiger partial charge in [-0.25, -0.2) is 4.39 Å². The Labute approximate surface area is 153 Å². The van der Waals surface area contributed by atoms with Gasteiger partial charge in [0.2, 0.25) is 11.8 Å². The molecule has 1 fully saturated rings. The number of nitrogens with zero attached hydrogens (tertiary/aromatic N) is 1. The molecule has 2 amide bonds. The van der Waals surface area contributed by atoms with E-state index in [0.717, 1.165) is 5.69 Å². The van der Waals surface area contributed by atoms with Crippen LogP contribution in [-0.2, 0) is 16.1 Å². The number of amides is 2. The van der Waals surface area contributed by atoms with Gasteiger partial charge in [-0.1, -0.05) is 44.2 Å². The van der Waals surface area contributed by atoms with Gasteiger partial charge in [-0.15, -0.1) is 0 Å². The van der Waals surface area contributed by atoms with E-state index >= 15 is 0 Å². The number of anilines is 1. The zero-order valence-corrected chi connectivity index (χ0v) is 15.0. The van der Waals surface area contributed by atoms with E-state index in [0.29, 0.717) is 18.0 Å². The first kappa shape index (κ1) is 18.1. The molecule has 3 rings (SSSR count). The van der Waals surface area contributed by atoms with Gasteiger partial charge in [0.25, 0.3) is 0 Å². The highest BCUT2D eigenvalue weighted by Gasteiger charge is 2.34. The molecule has 1 heterocycles. The molecule has 1 N–H and O–H groups in total. The topological polar surface area (TPSA) is 49.4 Å². The number of benzene rings is 2. The fraction of sp³-hybridized carbons (Fsp3) is 0.333. The van der Waals surface area contributed by atoms with Crippen molar-refractivity contribution in [3.8, 4) is 0 Å². The third-order valence-corrected chi connectivity index (χ3v) is 4.75. The van der Waals surface area contributed by atoms with Crippen molar-refractivity contribution in [1.82, 2.24) is 4.90 Å². The number of likely N-dealkylation sites (tertiary alicyclic amines) is 1. The molecule has 0 saturated carbocycles. The van der Waals surface area contributed by atoms with Crippen LogP contribution in [0.4, 0.5) is 10.1 Å². The van der Waals surface area contributed by atoms with E-state index < -0.39 is 5.92 Å². The van der Waals surface area contributed by atoms with Crippen LogP contribution in [0.1, 0.15) is 37.3 Å². The molecule has 0 aromatic heterocycles. The molecule has 0 aliphatic carbocycles. The van der Waals surface area contributed by atoms with Gasteiger partial charge in [0.1, 0.15) is 5.82 Å². The molecule has 136 valence electrons. The highest BCUT2D eigenvalue weighted by molar-refractivity contribution is 5.97. The molecular weight excluding hydrogens is 331 g/mol. The Morgan fingerprint density at radius 3 is 2.54 bits per heavy atom. The van der Waals surface area contributed by atoms with Crippen molar-refractivity contribution in [1.29, 1.82) is 0 Å². The standard InChI is InChI=1S/C21H23FN2O2/c1-14(2)15-7-9-18(10-8-15)23-21(26)17-11-20(25)24(13-17)12-16-5-3-4-6-19(16)22/h3-10,14,17H,11-13H2,1-2H3,(H,23,26). The predicted octanol–water partition coefficient (Wildman–Crippen LogP) is 3.94. The highest BCUT2D eigenvalue weighted by Crippen LogP contribution is 2.23. The molecule has 0 spiro atoms. The van der Waals surface area contributed by atoms with Gasteiger partial charge < -0.3 is 10.2 Å². The molecule has 26 heavy (non-hydrogen) atoms. The van der Waals surface area contributed by atoms with Crippen LogP contribution >= 0.6 is 0 Å². The number of hydrogen-bond donors (Lipinski definition) is 1. The van der Waals surface area contributed by atoms with E-state index in [1.165, 1.54) is 11.6 Å². The normalized spacial score (nSPS) is 17.0. The largest absolute Gasteiger partial charge is 0.337 e. The molecular formula is C21H23FN2O2. The quantitative estimate of drug-likeness (QED) is 0.884. The minimum absolute atomic E-state index is 0.122. The predicted molar refractivity (Wildman–Crippen MR) is 99.1 cm³/mol. The lowest BCUT2D eigenvalue weighted by molar-refractivity contribution is -0.128. The molecule has 1 aliphatic rings. The lowest BCUT2D eigenvalue weighted by atomic mass is 10.0. The van der Waals surface area contributed by atoms with Gasteiger partial charge in [0.15, 0.2) is 0 Å². The minimum Gasteiger partial charge on any atom is -0.337 e. The van der Waals surface area contributed by atoms with E-state index in [-0.39, 0.29) is 30.6 Å². The van der Waals surface area contributed by atoms with Crippen LogP contribution in [0.25, 0.3) is 0 Å². The third kappa shape index (κ3) is 4.10. The van der Waals surface area contributed by atoms with E-state index in [4.69, 9.17) is 0 Å². The average molecular weight is 354 g/mol. The van der Waals surface area contributed by atoms with Crippen LogP contribution in [0.5, 0.6) is 0 Å². The fourth-order valence-electron chi connectivity index (χ4n) is 3.13. The Hall–Kier alpha value is -2.69. The maximum atomic E-state index is 13.8. The van der Waals surface area contributed by atoms with E-state index in [1.807, 2.05) is 24.3 Å². The van der Waals surface area contributed by atoms with Crippen molar-refractivity contribution in [2.45, 2.75) is 32.7 Å². The van der Waals surface area contributed by atoms with Gasteiger partial charge in [-0.3, -0.25) is 9.59 Å². The summed E-state index contributed by atoms with van der Waals surface area (Å²) in [5.41, 5.74) is 2.39. The summed E-state index contributed by atoms with van der Waals surface area (Å²) in [6, 6.07) is 14.1. The fourth-order valence-corrected chi connectivity index (χ4v) is 3.13. The molecule has 2 aromatic rings. The van der Waals surface area contributed by atoms with Gasteiger partial charge in [0.05, 0.1) is 5.92 Å². The molecule has 4 nitrogen and oxygen atoms in total. The Morgan fingerprint density at radius 2 is 1.88 bits per heavy atom. The molecule has 5 heteroatoms. The van der Waals surface area contributed by atoms with Crippen molar-refractivity contribution in [3.63, 3.8) is 0 Å². The van der Waals surface area contributed by atoms with Crippen molar-refractivity contribution in [2.24, 2.45) is 5.92 Å². The number of rotatable bonds is 5. The summed E-state index contributed by atoms with van der Waals surface area (Å²) in [5, 5.41) is 2.87. The molecule has 0 bridgehead atoms. The van der Waals surface area contributed by atoms with E-state index in [1.54, 1.807) is 23.1 Å². The lowest BCUT2D eigenvalue weighted by Crippen LogP contribution is -2.28. The smallest absolute Gasteiger partial charge is 0.229 e. The summed E-state index contributed by atoms with van der Waals surface area (Å²) in [6.45, 7) is 4.73. The summed E-state index contributed by atoms with van der Waals surface area (Å²) in [5.74, 6) is -0.619. The van der Waals surface area contributed by atoms with Crippen molar-refractivity contribution < 1.29 is 14.0 Å². The summed E-state index contributed by atoms with van der Waals surface area (Å²) in [7, 11) is 0. The van der Waals surface area contributed by atoms with Gasteiger partial charge >= 0.3 is 0 Å².